The van der Waals surface area contributed by atoms with E-state index in [-0.39, 0.29) is 11.9 Å². The quantitative estimate of drug-likeness (QED) is 0.890. The van der Waals surface area contributed by atoms with Crippen molar-refractivity contribution in [2.75, 3.05) is 26.8 Å². The SMILES string of the molecule is CN(C1CCOCC1)C(CN)c1cccc(F)c1. The molecule has 1 heterocycles. The Morgan fingerprint density at radius 3 is 2.78 bits per heavy atom. The van der Waals surface area contributed by atoms with E-state index in [1.54, 1.807) is 12.1 Å². The van der Waals surface area contributed by atoms with Gasteiger partial charge in [-0.2, -0.15) is 0 Å². The molecule has 0 saturated carbocycles. The van der Waals surface area contributed by atoms with Gasteiger partial charge < -0.3 is 10.5 Å². The molecule has 2 rings (SSSR count). The molecule has 1 saturated heterocycles. The van der Waals surface area contributed by atoms with Gasteiger partial charge in [-0.05, 0) is 37.6 Å². The number of rotatable bonds is 4. The molecule has 1 fully saturated rings. The van der Waals surface area contributed by atoms with Crippen molar-refractivity contribution in [3.8, 4) is 0 Å². The normalized spacial score (nSPS) is 19.1. The third-order valence-corrected chi connectivity index (χ3v) is 3.72. The van der Waals surface area contributed by atoms with Crippen LogP contribution in [0.1, 0.15) is 24.4 Å². The van der Waals surface area contributed by atoms with Crippen molar-refractivity contribution in [2.24, 2.45) is 5.73 Å². The summed E-state index contributed by atoms with van der Waals surface area (Å²) in [6.07, 6.45) is 2.03. The number of likely N-dealkylation sites (N-methyl/N-ethyl adjacent to an activating group) is 1. The smallest absolute Gasteiger partial charge is 0.123 e. The Kier molecular flexibility index (Phi) is 4.69. The van der Waals surface area contributed by atoms with Crippen molar-refractivity contribution >= 4 is 0 Å². The van der Waals surface area contributed by atoms with Crippen LogP contribution in [0.2, 0.25) is 0 Å². The summed E-state index contributed by atoms with van der Waals surface area (Å²) in [7, 11) is 2.07. The lowest BCUT2D eigenvalue weighted by Gasteiger charge is -2.36. The molecule has 1 aliphatic rings. The first-order valence-corrected chi connectivity index (χ1v) is 6.47. The number of ether oxygens (including phenoxy) is 1. The molecule has 0 amide bonds. The summed E-state index contributed by atoms with van der Waals surface area (Å²) in [6, 6.07) is 7.26. The second-order valence-corrected chi connectivity index (χ2v) is 4.82. The minimum Gasteiger partial charge on any atom is -0.381 e. The maximum atomic E-state index is 13.3. The van der Waals surface area contributed by atoms with Crippen LogP contribution in [0.5, 0.6) is 0 Å². The maximum absolute atomic E-state index is 13.3. The average Bonchev–Trinajstić information content (AvgIpc) is 2.40. The first-order valence-electron chi connectivity index (χ1n) is 6.47. The molecule has 4 heteroatoms. The summed E-state index contributed by atoms with van der Waals surface area (Å²) in [4.78, 5) is 2.26. The highest BCUT2D eigenvalue weighted by Crippen LogP contribution is 2.25. The van der Waals surface area contributed by atoms with Gasteiger partial charge in [0, 0.05) is 31.8 Å². The Balaban J connectivity index is 2.11. The molecule has 1 aromatic rings. The number of hydrogen-bond acceptors (Lipinski definition) is 3. The third kappa shape index (κ3) is 3.07. The van der Waals surface area contributed by atoms with Crippen LogP contribution in [-0.4, -0.2) is 37.7 Å². The van der Waals surface area contributed by atoms with E-state index in [9.17, 15) is 4.39 Å². The van der Waals surface area contributed by atoms with Crippen LogP contribution < -0.4 is 5.73 Å². The second-order valence-electron chi connectivity index (χ2n) is 4.82. The Morgan fingerprint density at radius 2 is 2.17 bits per heavy atom. The Hall–Kier alpha value is -0.970. The molecule has 1 atom stereocenters. The van der Waals surface area contributed by atoms with Crippen LogP contribution in [0.25, 0.3) is 0 Å². The molecule has 0 aliphatic carbocycles. The van der Waals surface area contributed by atoms with Crippen molar-refractivity contribution in [1.29, 1.82) is 0 Å². The van der Waals surface area contributed by atoms with E-state index >= 15 is 0 Å². The summed E-state index contributed by atoms with van der Waals surface area (Å²) >= 11 is 0. The van der Waals surface area contributed by atoms with Gasteiger partial charge in [0.1, 0.15) is 5.82 Å². The van der Waals surface area contributed by atoms with E-state index in [2.05, 4.69) is 11.9 Å². The fourth-order valence-electron chi connectivity index (χ4n) is 2.60. The zero-order chi connectivity index (χ0) is 13.0. The van der Waals surface area contributed by atoms with Gasteiger partial charge in [-0.25, -0.2) is 4.39 Å². The van der Waals surface area contributed by atoms with Crippen LogP contribution in [0.3, 0.4) is 0 Å². The standard InChI is InChI=1S/C14H21FN2O/c1-17(13-5-7-18-8-6-13)14(10-16)11-3-2-4-12(15)9-11/h2-4,9,13-14H,5-8,10,16H2,1H3. The van der Waals surface area contributed by atoms with Gasteiger partial charge in [-0.15, -0.1) is 0 Å². The molecular formula is C14H21FN2O. The van der Waals surface area contributed by atoms with E-state index in [0.29, 0.717) is 12.6 Å². The second kappa shape index (κ2) is 6.27. The van der Waals surface area contributed by atoms with E-state index < -0.39 is 0 Å². The van der Waals surface area contributed by atoms with Gasteiger partial charge in [-0.1, -0.05) is 12.1 Å². The Morgan fingerprint density at radius 1 is 1.44 bits per heavy atom. The molecule has 18 heavy (non-hydrogen) atoms. The number of hydrogen-bond donors (Lipinski definition) is 1. The molecular weight excluding hydrogens is 231 g/mol. The van der Waals surface area contributed by atoms with Gasteiger partial charge >= 0.3 is 0 Å². The minimum atomic E-state index is -0.202. The molecule has 0 radical (unpaired) electrons. The first kappa shape index (κ1) is 13.5. The van der Waals surface area contributed by atoms with Crippen LogP contribution in [-0.2, 0) is 4.74 Å². The number of benzene rings is 1. The summed E-state index contributed by atoms with van der Waals surface area (Å²) in [6.45, 7) is 2.10. The van der Waals surface area contributed by atoms with Crippen molar-refractivity contribution in [2.45, 2.75) is 24.9 Å². The number of nitrogens with zero attached hydrogens (tertiary/aromatic N) is 1. The Labute approximate surface area is 108 Å². The van der Waals surface area contributed by atoms with Crippen LogP contribution in [0, 0.1) is 5.82 Å². The fraction of sp³-hybridized carbons (Fsp3) is 0.571. The molecule has 1 unspecified atom stereocenters. The number of halogens is 1. The summed E-state index contributed by atoms with van der Waals surface area (Å²) in [5.41, 5.74) is 6.82. The van der Waals surface area contributed by atoms with Crippen molar-refractivity contribution < 1.29 is 9.13 Å². The van der Waals surface area contributed by atoms with Crippen LogP contribution in [0.4, 0.5) is 4.39 Å². The van der Waals surface area contributed by atoms with E-state index in [1.165, 1.54) is 6.07 Å². The van der Waals surface area contributed by atoms with Gasteiger partial charge in [0.2, 0.25) is 0 Å². The van der Waals surface area contributed by atoms with E-state index in [4.69, 9.17) is 10.5 Å². The lowest BCUT2D eigenvalue weighted by Crippen LogP contribution is -2.41. The summed E-state index contributed by atoms with van der Waals surface area (Å²) < 4.78 is 18.7. The minimum absolute atomic E-state index is 0.0730. The van der Waals surface area contributed by atoms with Gasteiger partial charge in [0.15, 0.2) is 0 Å². The van der Waals surface area contributed by atoms with Gasteiger partial charge in [0.25, 0.3) is 0 Å². The van der Waals surface area contributed by atoms with Gasteiger partial charge in [-0.3, -0.25) is 4.90 Å². The topological polar surface area (TPSA) is 38.5 Å². The summed E-state index contributed by atoms with van der Waals surface area (Å²) in [5.74, 6) is -0.202. The molecule has 0 aromatic heterocycles. The fourth-order valence-corrected chi connectivity index (χ4v) is 2.60. The molecule has 1 aliphatic heterocycles. The highest BCUT2D eigenvalue weighted by Gasteiger charge is 2.25. The molecule has 0 spiro atoms. The third-order valence-electron chi connectivity index (χ3n) is 3.72. The Bertz CT molecular complexity index is 380. The monoisotopic (exact) mass is 252 g/mol. The number of nitrogens with two attached hydrogens (primary N) is 1. The highest BCUT2D eigenvalue weighted by atomic mass is 19.1. The van der Waals surface area contributed by atoms with E-state index in [1.807, 2.05) is 6.07 Å². The molecule has 3 nitrogen and oxygen atoms in total. The highest BCUT2D eigenvalue weighted by molar-refractivity contribution is 5.20. The summed E-state index contributed by atoms with van der Waals surface area (Å²) in [5, 5.41) is 0. The van der Waals surface area contributed by atoms with E-state index in [0.717, 1.165) is 31.6 Å². The van der Waals surface area contributed by atoms with Crippen molar-refractivity contribution in [3.63, 3.8) is 0 Å². The molecule has 1 aromatic carbocycles. The molecule has 100 valence electrons. The van der Waals surface area contributed by atoms with Crippen molar-refractivity contribution in [1.82, 2.24) is 4.90 Å². The van der Waals surface area contributed by atoms with Crippen molar-refractivity contribution in [3.05, 3.63) is 35.6 Å². The molecule has 0 bridgehead atoms. The predicted octanol–water partition coefficient (Wildman–Crippen LogP) is 1.94. The van der Waals surface area contributed by atoms with Crippen LogP contribution >= 0.6 is 0 Å². The predicted molar refractivity (Wildman–Crippen MR) is 69.8 cm³/mol. The first-order chi connectivity index (χ1) is 8.72. The largest absolute Gasteiger partial charge is 0.381 e. The lowest BCUT2D eigenvalue weighted by atomic mass is 10.0. The lowest BCUT2D eigenvalue weighted by molar-refractivity contribution is 0.0293. The zero-order valence-corrected chi connectivity index (χ0v) is 10.8. The maximum Gasteiger partial charge on any atom is 0.123 e. The van der Waals surface area contributed by atoms with Gasteiger partial charge in [0.05, 0.1) is 0 Å². The molecule has 2 N–H and O–H groups in total. The zero-order valence-electron chi connectivity index (χ0n) is 10.8. The van der Waals surface area contributed by atoms with Crippen LogP contribution in [0.15, 0.2) is 24.3 Å². The average molecular weight is 252 g/mol.